The highest BCUT2D eigenvalue weighted by Crippen LogP contribution is 2.24. The Kier molecular flexibility index (Phi) is 3.85. The van der Waals surface area contributed by atoms with Gasteiger partial charge < -0.3 is 16.2 Å². The molecule has 20 heavy (non-hydrogen) atoms. The fourth-order valence-electron chi connectivity index (χ4n) is 2.20. The fourth-order valence-corrected chi connectivity index (χ4v) is 4.06. The van der Waals surface area contributed by atoms with E-state index in [1.165, 1.54) is 0 Å². The van der Waals surface area contributed by atoms with Crippen molar-refractivity contribution in [3.63, 3.8) is 0 Å². The summed E-state index contributed by atoms with van der Waals surface area (Å²) >= 11 is 0. The van der Waals surface area contributed by atoms with Crippen LogP contribution in [0.5, 0.6) is 0 Å². The number of carboxylic acids is 1. The maximum atomic E-state index is 13.7. The Balaban J connectivity index is 2.10. The number of carbonyl (C=O) groups is 1. The highest BCUT2D eigenvalue weighted by Gasteiger charge is 2.27. The summed E-state index contributed by atoms with van der Waals surface area (Å²) in [7, 11) is -2.99. The van der Waals surface area contributed by atoms with E-state index >= 15 is 0 Å². The van der Waals surface area contributed by atoms with Crippen LogP contribution in [0.4, 0.5) is 15.8 Å². The third-order valence-corrected chi connectivity index (χ3v) is 5.11. The molecule has 0 radical (unpaired) electrons. The van der Waals surface area contributed by atoms with Crippen LogP contribution in [0.3, 0.4) is 0 Å². The first-order chi connectivity index (χ1) is 9.28. The predicted octanol–water partition coefficient (Wildman–Crippen LogP) is 0.953. The van der Waals surface area contributed by atoms with E-state index in [9.17, 15) is 17.6 Å². The lowest BCUT2D eigenvalue weighted by atomic mass is 10.1. The van der Waals surface area contributed by atoms with E-state index in [-0.39, 0.29) is 40.9 Å². The quantitative estimate of drug-likeness (QED) is 0.714. The van der Waals surface area contributed by atoms with Crippen molar-refractivity contribution < 1.29 is 22.7 Å². The molecule has 0 amide bonds. The molecule has 1 aliphatic heterocycles. The van der Waals surface area contributed by atoms with Gasteiger partial charge in [0.15, 0.2) is 9.84 Å². The first-order valence-electron chi connectivity index (χ1n) is 6.05. The lowest BCUT2D eigenvalue weighted by Gasteiger charge is -2.13. The fraction of sp³-hybridized carbons (Fsp3) is 0.417. The van der Waals surface area contributed by atoms with Gasteiger partial charge in [-0.15, -0.1) is 0 Å². The summed E-state index contributed by atoms with van der Waals surface area (Å²) in [5.74, 6) is -1.78. The monoisotopic (exact) mass is 302 g/mol. The molecule has 0 saturated carbocycles. The van der Waals surface area contributed by atoms with Crippen molar-refractivity contribution in [1.29, 1.82) is 0 Å². The van der Waals surface area contributed by atoms with E-state index in [4.69, 9.17) is 10.8 Å². The zero-order valence-electron chi connectivity index (χ0n) is 10.6. The molecule has 8 heteroatoms. The summed E-state index contributed by atoms with van der Waals surface area (Å²) in [5.41, 5.74) is 5.10. The molecule has 0 aliphatic carbocycles. The van der Waals surface area contributed by atoms with Gasteiger partial charge in [0.2, 0.25) is 0 Å². The highest BCUT2D eigenvalue weighted by molar-refractivity contribution is 7.91. The van der Waals surface area contributed by atoms with E-state index in [2.05, 4.69) is 5.32 Å². The van der Waals surface area contributed by atoms with E-state index in [0.717, 1.165) is 12.1 Å². The van der Waals surface area contributed by atoms with Crippen molar-refractivity contribution >= 4 is 27.2 Å². The maximum absolute atomic E-state index is 13.7. The maximum Gasteiger partial charge on any atom is 0.337 e. The second-order valence-electron chi connectivity index (χ2n) is 4.87. The average Bonchev–Trinajstić information content (AvgIpc) is 2.67. The van der Waals surface area contributed by atoms with Crippen LogP contribution < -0.4 is 11.1 Å². The molecule has 1 aliphatic rings. The Hall–Kier alpha value is -1.83. The first-order valence-corrected chi connectivity index (χ1v) is 7.87. The number of aromatic carboxylic acids is 1. The summed E-state index contributed by atoms with van der Waals surface area (Å²) in [5, 5.41) is 11.7. The molecule has 4 N–H and O–H groups in total. The van der Waals surface area contributed by atoms with Crippen LogP contribution in [0.2, 0.25) is 0 Å². The Labute approximate surface area is 115 Å². The van der Waals surface area contributed by atoms with Crippen molar-refractivity contribution in [3.05, 3.63) is 23.5 Å². The lowest BCUT2D eigenvalue weighted by molar-refractivity contribution is 0.0698. The van der Waals surface area contributed by atoms with E-state index < -0.39 is 21.6 Å². The van der Waals surface area contributed by atoms with Crippen molar-refractivity contribution in [2.75, 3.05) is 29.1 Å². The molecule has 1 aromatic rings. The minimum Gasteiger partial charge on any atom is -0.478 e. The largest absolute Gasteiger partial charge is 0.478 e. The molecular formula is C12H15FN2O4S. The van der Waals surface area contributed by atoms with Gasteiger partial charge in [-0.2, -0.15) is 0 Å². The minimum atomic E-state index is -2.99. The van der Waals surface area contributed by atoms with Gasteiger partial charge in [0, 0.05) is 12.2 Å². The Morgan fingerprint density at radius 2 is 2.20 bits per heavy atom. The highest BCUT2D eigenvalue weighted by atomic mass is 32.2. The summed E-state index contributed by atoms with van der Waals surface area (Å²) in [4.78, 5) is 10.9. The average molecular weight is 302 g/mol. The molecule has 1 aromatic carbocycles. The van der Waals surface area contributed by atoms with E-state index in [0.29, 0.717) is 6.42 Å². The van der Waals surface area contributed by atoms with E-state index in [1.807, 2.05) is 0 Å². The number of carboxylic acid groups (broad SMARTS) is 1. The van der Waals surface area contributed by atoms with Gasteiger partial charge in [0.1, 0.15) is 5.82 Å². The summed E-state index contributed by atoms with van der Waals surface area (Å²) in [6, 6.07) is 2.06. The lowest BCUT2D eigenvalue weighted by Crippen LogP contribution is -2.17. The van der Waals surface area contributed by atoms with Crippen LogP contribution in [0, 0.1) is 11.7 Å². The molecule has 6 nitrogen and oxygen atoms in total. The SMILES string of the molecule is Nc1cc(F)c(NCC2CCS(=O)(=O)C2)cc1C(=O)O. The van der Waals surface area contributed by atoms with Gasteiger partial charge in [-0.1, -0.05) is 0 Å². The molecule has 1 unspecified atom stereocenters. The smallest absolute Gasteiger partial charge is 0.337 e. The van der Waals surface area contributed by atoms with Crippen LogP contribution in [0.25, 0.3) is 0 Å². The van der Waals surface area contributed by atoms with Gasteiger partial charge in [-0.25, -0.2) is 17.6 Å². The molecule has 0 aromatic heterocycles. The topological polar surface area (TPSA) is 109 Å². The summed E-state index contributed by atoms with van der Waals surface area (Å²) in [6.07, 6.45) is 0.526. The summed E-state index contributed by atoms with van der Waals surface area (Å²) in [6.45, 7) is 0.277. The van der Waals surface area contributed by atoms with E-state index in [1.54, 1.807) is 0 Å². The van der Waals surface area contributed by atoms with Crippen LogP contribution in [-0.4, -0.2) is 37.5 Å². The van der Waals surface area contributed by atoms with Crippen LogP contribution in [0.1, 0.15) is 16.8 Å². The van der Waals surface area contributed by atoms with Gasteiger partial charge >= 0.3 is 5.97 Å². The number of nitrogen functional groups attached to an aromatic ring is 1. The number of anilines is 2. The zero-order valence-corrected chi connectivity index (χ0v) is 11.4. The molecule has 0 spiro atoms. The number of hydrogen-bond acceptors (Lipinski definition) is 5. The van der Waals surface area contributed by atoms with Gasteiger partial charge in [-0.05, 0) is 24.5 Å². The molecule has 1 fully saturated rings. The van der Waals surface area contributed by atoms with Crippen molar-refractivity contribution in [2.45, 2.75) is 6.42 Å². The molecule has 0 bridgehead atoms. The third-order valence-electron chi connectivity index (χ3n) is 3.28. The van der Waals surface area contributed by atoms with Crippen LogP contribution in [-0.2, 0) is 9.84 Å². The Bertz CT molecular complexity index is 645. The summed E-state index contributed by atoms with van der Waals surface area (Å²) < 4.78 is 36.3. The minimum absolute atomic E-state index is 0.0147. The normalized spacial score (nSPS) is 20.8. The number of hydrogen-bond donors (Lipinski definition) is 3. The number of nitrogens with two attached hydrogens (primary N) is 1. The van der Waals surface area contributed by atoms with Crippen LogP contribution >= 0.6 is 0 Å². The number of nitrogens with one attached hydrogen (secondary N) is 1. The second kappa shape index (κ2) is 5.28. The predicted molar refractivity (Wildman–Crippen MR) is 73.0 cm³/mol. The number of benzene rings is 1. The Morgan fingerprint density at radius 3 is 2.75 bits per heavy atom. The molecule has 110 valence electrons. The van der Waals surface area contributed by atoms with Crippen molar-refractivity contribution in [1.82, 2.24) is 0 Å². The number of halogens is 1. The number of rotatable bonds is 4. The first kappa shape index (κ1) is 14.6. The Morgan fingerprint density at radius 1 is 1.50 bits per heavy atom. The molecule has 1 atom stereocenters. The van der Waals surface area contributed by atoms with Crippen LogP contribution in [0.15, 0.2) is 12.1 Å². The second-order valence-corrected chi connectivity index (χ2v) is 7.10. The molecule has 1 heterocycles. The molecule has 1 saturated heterocycles. The van der Waals surface area contributed by atoms with Crippen molar-refractivity contribution in [2.24, 2.45) is 5.92 Å². The van der Waals surface area contributed by atoms with Gasteiger partial charge in [0.25, 0.3) is 0 Å². The molecule has 2 rings (SSSR count). The third kappa shape index (κ3) is 3.19. The zero-order chi connectivity index (χ0) is 14.9. The van der Waals surface area contributed by atoms with Gasteiger partial charge in [0.05, 0.1) is 22.8 Å². The number of sulfone groups is 1. The molecular weight excluding hydrogens is 287 g/mol. The van der Waals surface area contributed by atoms with Crippen molar-refractivity contribution in [3.8, 4) is 0 Å². The standard InChI is InChI=1S/C12H15FN2O4S/c13-9-4-10(14)8(12(16)17)3-11(9)15-5-7-1-2-20(18,19)6-7/h3-4,7,15H,1-2,5-6,14H2,(H,16,17). The van der Waals surface area contributed by atoms with Gasteiger partial charge in [-0.3, -0.25) is 0 Å².